The summed E-state index contributed by atoms with van der Waals surface area (Å²) >= 11 is 2.21. The van der Waals surface area contributed by atoms with Crippen LogP contribution < -0.4 is 10.6 Å². The molecule has 0 atom stereocenters. The summed E-state index contributed by atoms with van der Waals surface area (Å²) in [6.07, 6.45) is 0. The van der Waals surface area contributed by atoms with E-state index in [1.54, 1.807) is 6.07 Å². The van der Waals surface area contributed by atoms with Gasteiger partial charge in [0.05, 0.1) is 0 Å². The van der Waals surface area contributed by atoms with Crippen molar-refractivity contribution in [2.45, 2.75) is 26.2 Å². The summed E-state index contributed by atoms with van der Waals surface area (Å²) in [5, 5.41) is 9.20. The molecule has 0 radical (unpaired) electrons. The number of rotatable bonds is 2. The van der Waals surface area contributed by atoms with Gasteiger partial charge in [-0.25, -0.2) is 4.79 Å². The molecule has 2 amide bonds. The molecule has 20 heavy (non-hydrogen) atoms. The summed E-state index contributed by atoms with van der Waals surface area (Å²) in [5.41, 5.74) is 0.585. The van der Waals surface area contributed by atoms with Gasteiger partial charge in [-0.1, -0.05) is 25.9 Å². The van der Waals surface area contributed by atoms with E-state index in [-0.39, 0.29) is 11.4 Å². The number of hydrogen-bond acceptors (Lipinski definition) is 3. The molecule has 0 spiro atoms. The highest BCUT2D eigenvalue weighted by Gasteiger charge is 2.20. The van der Waals surface area contributed by atoms with Gasteiger partial charge in [-0.3, -0.25) is 5.32 Å². The second-order valence-corrected chi connectivity index (χ2v) is 6.66. The first-order valence-electron chi connectivity index (χ1n) is 6.15. The van der Waals surface area contributed by atoms with Crippen molar-refractivity contribution in [2.75, 3.05) is 10.6 Å². The molecule has 2 rings (SSSR count). The van der Waals surface area contributed by atoms with Crippen LogP contribution in [0.4, 0.5) is 16.3 Å². The summed E-state index contributed by atoms with van der Waals surface area (Å²) in [4.78, 5) is 11.8. The topological polar surface area (TPSA) is 67.2 Å². The van der Waals surface area contributed by atoms with Crippen LogP contribution in [0.15, 0.2) is 34.9 Å². The third-order valence-electron chi connectivity index (χ3n) is 2.59. The van der Waals surface area contributed by atoms with Crippen LogP contribution in [0.25, 0.3) is 0 Å². The van der Waals surface area contributed by atoms with Gasteiger partial charge in [0.2, 0.25) is 0 Å². The predicted octanol–water partition coefficient (Wildman–Crippen LogP) is 4.22. The van der Waals surface area contributed by atoms with Gasteiger partial charge >= 0.3 is 6.03 Å². The highest BCUT2D eigenvalue weighted by molar-refractivity contribution is 14.1. The summed E-state index contributed by atoms with van der Waals surface area (Å²) < 4.78 is 6.31. The van der Waals surface area contributed by atoms with E-state index in [0.717, 1.165) is 15.0 Å². The zero-order valence-electron chi connectivity index (χ0n) is 11.5. The van der Waals surface area contributed by atoms with E-state index in [9.17, 15) is 4.79 Å². The average Bonchev–Trinajstić information content (AvgIpc) is 2.80. The lowest BCUT2D eigenvalue weighted by Crippen LogP contribution is -2.19. The standard InChI is InChI=1S/C14H16IN3O2/c1-14(2,3)11-8-12(18-20-11)17-13(19)16-10-6-4-9(15)5-7-10/h4-8H,1-3H3,(H2,16,17,18,19). The maximum Gasteiger partial charge on any atom is 0.324 e. The monoisotopic (exact) mass is 385 g/mol. The molecule has 106 valence electrons. The number of benzene rings is 1. The third-order valence-corrected chi connectivity index (χ3v) is 3.31. The van der Waals surface area contributed by atoms with Crippen molar-refractivity contribution in [3.63, 3.8) is 0 Å². The number of carbonyl (C=O) groups excluding carboxylic acids is 1. The molecule has 6 heteroatoms. The van der Waals surface area contributed by atoms with Gasteiger partial charge in [-0.2, -0.15) is 0 Å². The normalized spacial score (nSPS) is 11.2. The van der Waals surface area contributed by atoms with Crippen LogP contribution in [-0.4, -0.2) is 11.2 Å². The first kappa shape index (κ1) is 14.8. The largest absolute Gasteiger partial charge is 0.359 e. The van der Waals surface area contributed by atoms with Crippen molar-refractivity contribution in [3.8, 4) is 0 Å². The second-order valence-electron chi connectivity index (χ2n) is 5.41. The molecule has 1 aromatic heterocycles. The Labute approximate surface area is 131 Å². The van der Waals surface area contributed by atoms with Gasteiger partial charge in [-0.05, 0) is 46.9 Å². The molecule has 0 saturated heterocycles. The lowest BCUT2D eigenvalue weighted by molar-refractivity contribution is 0.262. The molecular formula is C14H16IN3O2. The maximum atomic E-state index is 11.8. The van der Waals surface area contributed by atoms with Gasteiger partial charge in [0.1, 0.15) is 5.76 Å². The van der Waals surface area contributed by atoms with Crippen LogP contribution >= 0.6 is 22.6 Å². The number of halogens is 1. The van der Waals surface area contributed by atoms with Crippen LogP contribution in [0.2, 0.25) is 0 Å². The number of carbonyl (C=O) groups is 1. The smallest absolute Gasteiger partial charge is 0.324 e. The molecule has 2 aromatic rings. The molecule has 0 bridgehead atoms. The second kappa shape index (κ2) is 5.82. The molecule has 0 aliphatic heterocycles. The highest BCUT2D eigenvalue weighted by atomic mass is 127. The minimum Gasteiger partial charge on any atom is -0.359 e. The van der Waals surface area contributed by atoms with E-state index in [4.69, 9.17) is 4.52 Å². The van der Waals surface area contributed by atoms with E-state index >= 15 is 0 Å². The van der Waals surface area contributed by atoms with Gasteiger partial charge in [0.25, 0.3) is 0 Å². The van der Waals surface area contributed by atoms with Crippen molar-refractivity contribution in [1.82, 2.24) is 5.16 Å². The molecular weight excluding hydrogens is 369 g/mol. The number of anilines is 2. The van der Waals surface area contributed by atoms with Gasteiger partial charge in [0, 0.05) is 20.7 Å². The van der Waals surface area contributed by atoms with Gasteiger partial charge < -0.3 is 9.84 Å². The molecule has 1 aromatic carbocycles. The van der Waals surface area contributed by atoms with E-state index in [1.165, 1.54) is 0 Å². The summed E-state index contributed by atoms with van der Waals surface area (Å²) in [6.45, 7) is 6.05. The summed E-state index contributed by atoms with van der Waals surface area (Å²) in [6, 6.07) is 8.90. The minimum absolute atomic E-state index is 0.139. The fourth-order valence-corrected chi connectivity index (χ4v) is 1.86. The van der Waals surface area contributed by atoms with Crippen LogP contribution in [0.1, 0.15) is 26.5 Å². The third kappa shape index (κ3) is 3.96. The van der Waals surface area contributed by atoms with E-state index < -0.39 is 0 Å². The van der Waals surface area contributed by atoms with Gasteiger partial charge in [0.15, 0.2) is 5.82 Å². The van der Waals surface area contributed by atoms with E-state index in [2.05, 4.69) is 38.4 Å². The van der Waals surface area contributed by atoms with E-state index in [1.807, 2.05) is 45.0 Å². The van der Waals surface area contributed by atoms with E-state index in [0.29, 0.717) is 5.82 Å². The summed E-state index contributed by atoms with van der Waals surface area (Å²) in [7, 11) is 0. The molecule has 5 nitrogen and oxygen atoms in total. The molecule has 0 saturated carbocycles. The fraction of sp³-hybridized carbons (Fsp3) is 0.286. The minimum atomic E-state index is -0.347. The molecule has 1 heterocycles. The van der Waals surface area contributed by atoms with Crippen molar-refractivity contribution < 1.29 is 9.32 Å². The van der Waals surface area contributed by atoms with Crippen LogP contribution in [0, 0.1) is 3.57 Å². The Morgan fingerprint density at radius 2 is 1.85 bits per heavy atom. The number of hydrogen-bond donors (Lipinski definition) is 2. The molecule has 0 unspecified atom stereocenters. The Bertz CT molecular complexity index is 600. The van der Waals surface area contributed by atoms with Crippen LogP contribution in [-0.2, 0) is 5.41 Å². The Kier molecular flexibility index (Phi) is 4.32. The number of nitrogens with one attached hydrogen (secondary N) is 2. The Hall–Kier alpha value is -1.57. The predicted molar refractivity (Wildman–Crippen MR) is 87.0 cm³/mol. The average molecular weight is 385 g/mol. The van der Waals surface area contributed by atoms with Crippen molar-refractivity contribution in [2.24, 2.45) is 0 Å². The first-order valence-corrected chi connectivity index (χ1v) is 7.23. The molecule has 0 aliphatic carbocycles. The number of amides is 2. The Morgan fingerprint density at radius 3 is 2.40 bits per heavy atom. The maximum absolute atomic E-state index is 11.8. The zero-order valence-corrected chi connectivity index (χ0v) is 13.7. The fourth-order valence-electron chi connectivity index (χ4n) is 1.50. The zero-order chi connectivity index (χ0) is 14.8. The number of aromatic nitrogens is 1. The summed E-state index contributed by atoms with van der Waals surface area (Å²) in [5.74, 6) is 1.13. The van der Waals surface area contributed by atoms with Crippen molar-refractivity contribution in [1.29, 1.82) is 0 Å². The SMILES string of the molecule is CC(C)(C)c1cc(NC(=O)Nc2ccc(I)cc2)no1. The molecule has 2 N–H and O–H groups in total. The molecule has 0 fully saturated rings. The van der Waals surface area contributed by atoms with Crippen molar-refractivity contribution in [3.05, 3.63) is 39.7 Å². The first-order chi connectivity index (χ1) is 9.34. The quantitative estimate of drug-likeness (QED) is 0.761. The number of urea groups is 1. The van der Waals surface area contributed by atoms with Crippen LogP contribution in [0.3, 0.4) is 0 Å². The van der Waals surface area contributed by atoms with Crippen LogP contribution in [0.5, 0.6) is 0 Å². The Morgan fingerprint density at radius 1 is 1.20 bits per heavy atom. The Balaban J connectivity index is 1.98. The van der Waals surface area contributed by atoms with Crippen molar-refractivity contribution >= 4 is 40.1 Å². The highest BCUT2D eigenvalue weighted by Crippen LogP contribution is 2.24. The lowest BCUT2D eigenvalue weighted by Gasteiger charge is -2.12. The number of nitrogens with zero attached hydrogens (tertiary/aromatic N) is 1. The molecule has 0 aliphatic rings. The van der Waals surface area contributed by atoms with Gasteiger partial charge in [-0.15, -0.1) is 0 Å². The lowest BCUT2D eigenvalue weighted by atomic mass is 9.93.